The first-order valence-corrected chi connectivity index (χ1v) is 6.31. The average molecular weight is 278 g/mol. The Morgan fingerprint density at radius 1 is 1.25 bits per heavy atom. The van der Waals surface area contributed by atoms with E-state index in [1.54, 1.807) is 38.1 Å². The predicted molar refractivity (Wildman–Crippen MR) is 74.9 cm³/mol. The Balaban J connectivity index is 2.48. The van der Waals surface area contributed by atoms with Gasteiger partial charge >= 0.3 is 5.97 Å². The molecule has 0 saturated heterocycles. The molecule has 108 valence electrons. The summed E-state index contributed by atoms with van der Waals surface area (Å²) in [6.07, 6.45) is 0.145. The number of ether oxygens (including phenoxy) is 1. The lowest BCUT2D eigenvalue weighted by Crippen LogP contribution is -2.14. The van der Waals surface area contributed by atoms with Crippen molar-refractivity contribution >= 4 is 23.3 Å². The Morgan fingerprint density at radius 3 is 2.45 bits per heavy atom. The van der Waals surface area contributed by atoms with E-state index in [-0.39, 0.29) is 24.7 Å². The second-order valence-corrected chi connectivity index (χ2v) is 4.12. The predicted octanol–water partition coefficient (Wildman–Crippen LogP) is 2.17. The van der Waals surface area contributed by atoms with E-state index < -0.39 is 0 Å². The van der Waals surface area contributed by atoms with Gasteiger partial charge in [-0.3, -0.25) is 9.59 Å². The number of carbonyl (C=O) groups is 2. The van der Waals surface area contributed by atoms with Gasteiger partial charge in [-0.1, -0.05) is 17.3 Å². The van der Waals surface area contributed by atoms with Gasteiger partial charge in [-0.2, -0.15) is 0 Å². The van der Waals surface area contributed by atoms with Crippen molar-refractivity contribution in [2.45, 2.75) is 26.7 Å². The third kappa shape index (κ3) is 5.09. The number of benzene rings is 1. The number of rotatable bonds is 6. The highest BCUT2D eigenvalue weighted by atomic mass is 16.5. The van der Waals surface area contributed by atoms with Crippen molar-refractivity contribution in [1.82, 2.24) is 0 Å². The maximum absolute atomic E-state index is 11.6. The molecule has 0 aromatic heterocycles. The molecule has 0 spiro atoms. The van der Waals surface area contributed by atoms with Gasteiger partial charge in [0.15, 0.2) is 0 Å². The molecule has 0 unspecified atom stereocenters. The molecule has 0 heterocycles. The number of esters is 1. The van der Waals surface area contributed by atoms with Gasteiger partial charge in [0.25, 0.3) is 0 Å². The third-order valence-electron chi connectivity index (χ3n) is 2.60. The number of nitrogens with zero attached hydrogens (tertiary/aromatic N) is 1. The monoisotopic (exact) mass is 278 g/mol. The van der Waals surface area contributed by atoms with Gasteiger partial charge in [0.2, 0.25) is 5.91 Å². The van der Waals surface area contributed by atoms with Crippen LogP contribution in [0.25, 0.3) is 0 Å². The lowest BCUT2D eigenvalue weighted by molar-refractivity contribution is -0.144. The molecule has 1 amide bonds. The molecule has 0 fully saturated rings. The number of amides is 1. The minimum absolute atomic E-state index is 0.0635. The number of hydrogen-bond acceptors (Lipinski definition) is 5. The van der Waals surface area contributed by atoms with Gasteiger partial charge in [0.05, 0.1) is 18.7 Å². The average Bonchev–Trinajstić information content (AvgIpc) is 2.45. The highest BCUT2D eigenvalue weighted by Crippen LogP contribution is 2.11. The summed E-state index contributed by atoms with van der Waals surface area (Å²) in [5.74, 6) is -0.633. The summed E-state index contributed by atoms with van der Waals surface area (Å²) in [6.45, 7) is 3.71. The number of hydrogen-bond donors (Lipinski definition) is 2. The van der Waals surface area contributed by atoms with Crippen molar-refractivity contribution < 1.29 is 19.5 Å². The molecule has 6 heteroatoms. The summed E-state index contributed by atoms with van der Waals surface area (Å²) >= 11 is 0. The molecule has 0 aliphatic rings. The first-order chi connectivity index (χ1) is 9.56. The van der Waals surface area contributed by atoms with E-state index in [1.807, 2.05) is 0 Å². The van der Waals surface area contributed by atoms with Gasteiger partial charge in [-0.25, -0.2) is 0 Å². The van der Waals surface area contributed by atoms with Crippen molar-refractivity contribution in [3.8, 4) is 0 Å². The van der Waals surface area contributed by atoms with Crippen LogP contribution >= 0.6 is 0 Å². The smallest absolute Gasteiger partial charge is 0.306 e. The third-order valence-corrected chi connectivity index (χ3v) is 2.60. The van der Waals surface area contributed by atoms with Crippen molar-refractivity contribution in [3.05, 3.63) is 29.8 Å². The topological polar surface area (TPSA) is 88.0 Å². The number of anilines is 1. The molecule has 20 heavy (non-hydrogen) atoms. The zero-order valence-electron chi connectivity index (χ0n) is 11.5. The highest BCUT2D eigenvalue weighted by Gasteiger charge is 2.08. The zero-order chi connectivity index (χ0) is 15.0. The van der Waals surface area contributed by atoms with Crippen LogP contribution in [0, 0.1) is 0 Å². The molecule has 0 aliphatic carbocycles. The van der Waals surface area contributed by atoms with Crippen LogP contribution in [-0.2, 0) is 14.3 Å². The molecule has 6 nitrogen and oxygen atoms in total. The van der Waals surface area contributed by atoms with Crippen LogP contribution in [0.15, 0.2) is 29.4 Å². The summed E-state index contributed by atoms with van der Waals surface area (Å²) < 4.78 is 4.74. The van der Waals surface area contributed by atoms with Crippen molar-refractivity contribution in [2.24, 2.45) is 5.16 Å². The fourth-order valence-corrected chi connectivity index (χ4v) is 1.52. The van der Waals surface area contributed by atoms with Crippen LogP contribution < -0.4 is 5.32 Å². The van der Waals surface area contributed by atoms with Gasteiger partial charge in [0.1, 0.15) is 0 Å². The summed E-state index contributed by atoms with van der Waals surface area (Å²) in [4.78, 5) is 22.7. The molecule has 0 saturated carbocycles. The SMILES string of the molecule is CCOC(=O)CCC(=O)Nc1ccc(/C(C)=N/O)cc1. The molecule has 1 aromatic rings. The van der Waals surface area contributed by atoms with Crippen LogP contribution in [0.1, 0.15) is 32.3 Å². The van der Waals surface area contributed by atoms with Crippen molar-refractivity contribution in [1.29, 1.82) is 0 Å². The Hall–Kier alpha value is -2.37. The zero-order valence-corrected chi connectivity index (χ0v) is 11.5. The van der Waals surface area contributed by atoms with Crippen LogP contribution in [0.3, 0.4) is 0 Å². The lowest BCUT2D eigenvalue weighted by atomic mass is 10.1. The molecular weight excluding hydrogens is 260 g/mol. The van der Waals surface area contributed by atoms with Gasteiger partial charge in [-0.05, 0) is 31.5 Å². The molecule has 1 rings (SSSR count). The van der Waals surface area contributed by atoms with Crippen molar-refractivity contribution in [2.75, 3.05) is 11.9 Å². The lowest BCUT2D eigenvalue weighted by Gasteiger charge is -2.06. The molecule has 0 atom stereocenters. The molecular formula is C14H18N2O4. The first kappa shape index (κ1) is 15.7. The summed E-state index contributed by atoms with van der Waals surface area (Å²) in [5, 5.41) is 14.4. The van der Waals surface area contributed by atoms with E-state index >= 15 is 0 Å². The quantitative estimate of drug-likeness (QED) is 0.361. The van der Waals surface area contributed by atoms with E-state index in [0.717, 1.165) is 5.56 Å². The van der Waals surface area contributed by atoms with Crippen LogP contribution in [0.2, 0.25) is 0 Å². The van der Waals surface area contributed by atoms with E-state index in [1.165, 1.54) is 0 Å². The summed E-state index contributed by atoms with van der Waals surface area (Å²) in [7, 11) is 0. The molecule has 0 bridgehead atoms. The Labute approximate surface area is 117 Å². The number of nitrogens with one attached hydrogen (secondary N) is 1. The summed E-state index contributed by atoms with van der Waals surface area (Å²) in [5.41, 5.74) is 1.87. The Kier molecular flexibility index (Phi) is 6.22. The maximum atomic E-state index is 11.6. The van der Waals surface area contributed by atoms with Crippen LogP contribution in [0.4, 0.5) is 5.69 Å². The molecule has 1 aromatic carbocycles. The van der Waals surface area contributed by atoms with E-state index in [0.29, 0.717) is 18.0 Å². The first-order valence-electron chi connectivity index (χ1n) is 6.31. The second-order valence-electron chi connectivity index (χ2n) is 4.12. The van der Waals surface area contributed by atoms with Gasteiger partial charge in [-0.15, -0.1) is 0 Å². The van der Waals surface area contributed by atoms with Crippen molar-refractivity contribution in [3.63, 3.8) is 0 Å². The highest BCUT2D eigenvalue weighted by molar-refractivity contribution is 5.99. The largest absolute Gasteiger partial charge is 0.466 e. The standard InChI is InChI=1S/C14H18N2O4/c1-3-20-14(18)9-8-13(17)15-12-6-4-11(5-7-12)10(2)16-19/h4-7,19H,3,8-9H2,1-2H3,(H,15,17)/b16-10+. The minimum Gasteiger partial charge on any atom is -0.466 e. The minimum atomic E-state index is -0.382. The number of oxime groups is 1. The Morgan fingerprint density at radius 2 is 1.90 bits per heavy atom. The maximum Gasteiger partial charge on any atom is 0.306 e. The number of carbonyl (C=O) groups excluding carboxylic acids is 2. The van der Waals surface area contributed by atoms with E-state index in [2.05, 4.69) is 10.5 Å². The second kappa shape index (κ2) is 7.93. The van der Waals surface area contributed by atoms with Gasteiger partial charge in [0, 0.05) is 12.1 Å². The van der Waals surface area contributed by atoms with Crippen LogP contribution in [0.5, 0.6) is 0 Å². The molecule has 0 radical (unpaired) electrons. The fourth-order valence-electron chi connectivity index (χ4n) is 1.52. The van der Waals surface area contributed by atoms with E-state index in [4.69, 9.17) is 9.94 Å². The molecule has 0 aliphatic heterocycles. The Bertz CT molecular complexity index is 494. The fraction of sp³-hybridized carbons (Fsp3) is 0.357. The van der Waals surface area contributed by atoms with E-state index in [9.17, 15) is 9.59 Å². The van der Waals surface area contributed by atoms with Gasteiger partial charge < -0.3 is 15.3 Å². The summed E-state index contributed by atoms with van der Waals surface area (Å²) in [6, 6.07) is 6.87. The molecule has 2 N–H and O–H groups in total. The normalized spacial score (nSPS) is 11.0. The van der Waals surface area contributed by atoms with Crippen LogP contribution in [-0.4, -0.2) is 29.4 Å².